The van der Waals surface area contributed by atoms with Gasteiger partial charge in [-0.3, -0.25) is 14.4 Å². The predicted molar refractivity (Wildman–Crippen MR) is 124 cm³/mol. The lowest BCUT2D eigenvalue weighted by molar-refractivity contribution is -0.114. The molecule has 0 unspecified atom stereocenters. The molecule has 2 aromatic carbocycles. The number of hydrogen-bond donors (Lipinski definition) is 4. The molecule has 0 heterocycles. The van der Waals surface area contributed by atoms with Crippen molar-refractivity contribution < 1.29 is 14.4 Å². The lowest BCUT2D eigenvalue weighted by Gasteiger charge is -2.20. The summed E-state index contributed by atoms with van der Waals surface area (Å²) in [6.07, 6.45) is 1.98. The molecular weight excluding hydrogens is 392 g/mol. The second-order valence-electron chi connectivity index (χ2n) is 8.37. The van der Waals surface area contributed by atoms with E-state index in [1.807, 2.05) is 20.8 Å². The van der Waals surface area contributed by atoms with Crippen molar-refractivity contribution in [2.24, 2.45) is 0 Å². The predicted octanol–water partition coefficient (Wildman–Crippen LogP) is 3.80. The van der Waals surface area contributed by atoms with E-state index in [0.717, 1.165) is 18.5 Å². The van der Waals surface area contributed by atoms with Crippen LogP contribution in [-0.4, -0.2) is 36.3 Å². The Hall–Kier alpha value is -3.35. The summed E-state index contributed by atoms with van der Waals surface area (Å²) in [7, 11) is 0. The number of carbonyl (C=O) groups excluding carboxylic acids is 3. The highest BCUT2D eigenvalue weighted by Crippen LogP contribution is 2.12. The van der Waals surface area contributed by atoms with E-state index in [4.69, 9.17) is 0 Å². The van der Waals surface area contributed by atoms with Crippen LogP contribution < -0.4 is 21.3 Å². The minimum atomic E-state index is -0.313. The first-order valence-corrected chi connectivity index (χ1v) is 10.5. The smallest absolute Gasteiger partial charge is 0.251 e. The van der Waals surface area contributed by atoms with Crippen molar-refractivity contribution in [2.45, 2.75) is 46.1 Å². The van der Waals surface area contributed by atoms with E-state index in [-0.39, 0.29) is 29.8 Å². The van der Waals surface area contributed by atoms with Crippen LogP contribution in [0.4, 0.5) is 11.4 Å². The molecule has 2 aromatic rings. The fourth-order valence-corrected chi connectivity index (χ4v) is 2.73. The molecule has 0 spiro atoms. The molecule has 0 radical (unpaired) electrons. The van der Waals surface area contributed by atoms with Crippen LogP contribution in [0, 0.1) is 0 Å². The minimum Gasteiger partial charge on any atom is -0.376 e. The minimum absolute atomic E-state index is 0.0777. The number of rotatable bonds is 9. The van der Waals surface area contributed by atoms with Crippen molar-refractivity contribution in [3.05, 3.63) is 59.7 Å². The Labute approximate surface area is 184 Å². The summed E-state index contributed by atoms with van der Waals surface area (Å²) in [5.41, 5.74) is 2.16. The van der Waals surface area contributed by atoms with Crippen LogP contribution in [0.5, 0.6) is 0 Å². The number of nitrogens with one attached hydrogen (secondary N) is 4. The van der Waals surface area contributed by atoms with Crippen molar-refractivity contribution in [1.29, 1.82) is 0 Å². The molecule has 7 nitrogen and oxygen atoms in total. The van der Waals surface area contributed by atoms with E-state index >= 15 is 0 Å². The van der Waals surface area contributed by atoms with Crippen LogP contribution in [-0.2, 0) is 4.79 Å². The molecular formula is C24H32N4O3. The topological polar surface area (TPSA) is 99.3 Å². The molecule has 31 heavy (non-hydrogen) atoms. The second-order valence-corrected chi connectivity index (χ2v) is 8.37. The molecule has 2 rings (SSSR count). The zero-order valence-corrected chi connectivity index (χ0v) is 18.7. The molecule has 0 aliphatic carbocycles. The third kappa shape index (κ3) is 8.50. The fourth-order valence-electron chi connectivity index (χ4n) is 2.73. The Kier molecular flexibility index (Phi) is 8.61. The number of hydrogen-bond acceptors (Lipinski definition) is 4. The van der Waals surface area contributed by atoms with Gasteiger partial charge in [0.05, 0.1) is 6.54 Å². The van der Waals surface area contributed by atoms with Crippen LogP contribution in [0.1, 0.15) is 61.3 Å². The van der Waals surface area contributed by atoms with Gasteiger partial charge in [0.15, 0.2) is 0 Å². The SMILES string of the molecule is CCCCNC(=O)c1ccc(NCC(=O)Nc2ccc(C(=O)NC(C)(C)C)cc2)cc1. The van der Waals surface area contributed by atoms with E-state index in [0.29, 0.717) is 23.4 Å². The first-order chi connectivity index (χ1) is 14.7. The van der Waals surface area contributed by atoms with Gasteiger partial charge >= 0.3 is 0 Å². The molecule has 0 aromatic heterocycles. The Morgan fingerprint density at radius 3 is 1.90 bits per heavy atom. The van der Waals surface area contributed by atoms with E-state index in [2.05, 4.69) is 28.2 Å². The lowest BCUT2D eigenvalue weighted by Crippen LogP contribution is -2.40. The maximum Gasteiger partial charge on any atom is 0.251 e. The zero-order valence-electron chi connectivity index (χ0n) is 18.7. The first kappa shape index (κ1) is 23.9. The normalized spacial score (nSPS) is 10.8. The number of benzene rings is 2. The number of amides is 3. The third-order valence-electron chi connectivity index (χ3n) is 4.34. The molecule has 0 fully saturated rings. The summed E-state index contributed by atoms with van der Waals surface area (Å²) >= 11 is 0. The van der Waals surface area contributed by atoms with Crippen molar-refractivity contribution in [2.75, 3.05) is 23.7 Å². The largest absolute Gasteiger partial charge is 0.376 e. The number of carbonyl (C=O) groups is 3. The quantitative estimate of drug-likeness (QED) is 0.460. The lowest BCUT2D eigenvalue weighted by atomic mass is 10.1. The van der Waals surface area contributed by atoms with Crippen molar-refractivity contribution in [1.82, 2.24) is 10.6 Å². The summed E-state index contributed by atoms with van der Waals surface area (Å²) in [6.45, 7) is 8.57. The Morgan fingerprint density at radius 2 is 1.35 bits per heavy atom. The summed E-state index contributed by atoms with van der Waals surface area (Å²) in [5.74, 6) is -0.472. The molecule has 3 amide bonds. The van der Waals surface area contributed by atoms with Gasteiger partial charge in [0.25, 0.3) is 11.8 Å². The van der Waals surface area contributed by atoms with Gasteiger partial charge in [-0.15, -0.1) is 0 Å². The van der Waals surface area contributed by atoms with Gasteiger partial charge in [0.2, 0.25) is 5.91 Å². The van der Waals surface area contributed by atoms with Crippen LogP contribution in [0.2, 0.25) is 0 Å². The average molecular weight is 425 g/mol. The fraction of sp³-hybridized carbons (Fsp3) is 0.375. The highest BCUT2D eigenvalue weighted by Gasteiger charge is 2.15. The van der Waals surface area contributed by atoms with Gasteiger partial charge in [0.1, 0.15) is 0 Å². The second kappa shape index (κ2) is 11.2. The van der Waals surface area contributed by atoms with Crippen molar-refractivity contribution in [3.8, 4) is 0 Å². The van der Waals surface area contributed by atoms with Gasteiger partial charge in [-0.1, -0.05) is 13.3 Å². The molecule has 0 atom stereocenters. The van der Waals surface area contributed by atoms with Crippen LogP contribution >= 0.6 is 0 Å². The van der Waals surface area contributed by atoms with Crippen LogP contribution in [0.3, 0.4) is 0 Å². The average Bonchev–Trinajstić information content (AvgIpc) is 2.72. The van der Waals surface area contributed by atoms with Crippen LogP contribution in [0.15, 0.2) is 48.5 Å². The molecule has 0 aliphatic rings. The zero-order chi connectivity index (χ0) is 22.9. The summed E-state index contributed by atoms with van der Waals surface area (Å²) in [5, 5.41) is 11.6. The summed E-state index contributed by atoms with van der Waals surface area (Å²) in [6, 6.07) is 13.7. The van der Waals surface area contributed by atoms with E-state index < -0.39 is 0 Å². The van der Waals surface area contributed by atoms with Gasteiger partial charge in [-0.05, 0) is 75.7 Å². The van der Waals surface area contributed by atoms with Crippen molar-refractivity contribution >= 4 is 29.1 Å². The van der Waals surface area contributed by atoms with Crippen LogP contribution in [0.25, 0.3) is 0 Å². The monoisotopic (exact) mass is 424 g/mol. The van der Waals surface area contributed by atoms with Crippen molar-refractivity contribution in [3.63, 3.8) is 0 Å². The molecule has 0 saturated heterocycles. The molecule has 7 heteroatoms. The van der Waals surface area contributed by atoms with Gasteiger partial charge in [-0.25, -0.2) is 0 Å². The van der Waals surface area contributed by atoms with E-state index in [9.17, 15) is 14.4 Å². The Morgan fingerprint density at radius 1 is 0.806 bits per heavy atom. The molecule has 4 N–H and O–H groups in total. The van der Waals surface area contributed by atoms with E-state index in [1.54, 1.807) is 48.5 Å². The summed E-state index contributed by atoms with van der Waals surface area (Å²) in [4.78, 5) is 36.4. The molecule has 0 saturated carbocycles. The van der Waals surface area contributed by atoms with Gasteiger partial charge < -0.3 is 21.3 Å². The number of unbranched alkanes of at least 4 members (excludes halogenated alkanes) is 1. The molecule has 0 aliphatic heterocycles. The maximum absolute atomic E-state index is 12.2. The highest BCUT2D eigenvalue weighted by molar-refractivity contribution is 5.97. The van der Waals surface area contributed by atoms with Gasteiger partial charge in [-0.2, -0.15) is 0 Å². The first-order valence-electron chi connectivity index (χ1n) is 10.5. The highest BCUT2D eigenvalue weighted by atomic mass is 16.2. The summed E-state index contributed by atoms with van der Waals surface area (Å²) < 4.78 is 0. The molecule has 166 valence electrons. The Bertz CT molecular complexity index is 885. The third-order valence-corrected chi connectivity index (χ3v) is 4.34. The Balaban J connectivity index is 1.81. The standard InChI is InChI=1S/C24H32N4O3/c1-5-6-15-25-22(30)17-7-11-19(12-8-17)26-16-21(29)27-20-13-9-18(10-14-20)23(31)28-24(2,3)4/h7-14,26H,5-6,15-16H2,1-4H3,(H,25,30)(H,27,29)(H,28,31). The maximum atomic E-state index is 12.2. The number of anilines is 2. The molecule has 0 bridgehead atoms. The van der Waals surface area contributed by atoms with E-state index in [1.165, 1.54) is 0 Å². The van der Waals surface area contributed by atoms with Gasteiger partial charge in [0, 0.05) is 34.6 Å².